The van der Waals surface area contributed by atoms with Crippen LogP contribution in [0.5, 0.6) is 5.75 Å². The van der Waals surface area contributed by atoms with Crippen LogP contribution in [0.3, 0.4) is 0 Å². The summed E-state index contributed by atoms with van der Waals surface area (Å²) in [5.41, 5.74) is 2.44. The van der Waals surface area contributed by atoms with Crippen molar-refractivity contribution in [1.82, 2.24) is 15.5 Å². The van der Waals surface area contributed by atoms with Crippen LogP contribution in [-0.2, 0) is 6.42 Å². The van der Waals surface area contributed by atoms with Crippen LogP contribution in [0, 0.1) is 12.8 Å². The van der Waals surface area contributed by atoms with Crippen molar-refractivity contribution in [2.24, 2.45) is 10.9 Å². The number of methoxy groups -OCH3 is 1. The zero-order chi connectivity index (χ0) is 18.4. The lowest BCUT2D eigenvalue weighted by Gasteiger charge is -2.22. The van der Waals surface area contributed by atoms with E-state index < -0.39 is 0 Å². The van der Waals surface area contributed by atoms with Gasteiger partial charge in [0, 0.05) is 38.8 Å². The Bertz CT molecular complexity index is 591. The molecule has 2 N–H and O–H groups in total. The summed E-state index contributed by atoms with van der Waals surface area (Å²) < 4.78 is 5.40. The molecule has 1 aliphatic heterocycles. The van der Waals surface area contributed by atoms with Gasteiger partial charge in [0.2, 0.25) is 0 Å². The first-order chi connectivity index (χ1) is 11.9. The molecule has 0 aromatic heterocycles. The molecule has 2 unspecified atom stereocenters. The van der Waals surface area contributed by atoms with Crippen LogP contribution in [-0.4, -0.2) is 56.7 Å². The minimum Gasteiger partial charge on any atom is -0.496 e. The molecule has 2 rings (SSSR count). The summed E-state index contributed by atoms with van der Waals surface area (Å²) in [6, 6.07) is 7.44. The average Bonchev–Trinajstić information content (AvgIpc) is 2.96. The lowest BCUT2D eigenvalue weighted by molar-refractivity contribution is 0.265. The predicted molar refractivity (Wildman–Crippen MR) is 121 cm³/mol. The Kier molecular flexibility index (Phi) is 9.71. The molecule has 5 nitrogen and oxygen atoms in total. The summed E-state index contributed by atoms with van der Waals surface area (Å²) >= 11 is 0. The van der Waals surface area contributed by atoms with Crippen LogP contribution in [0.1, 0.15) is 31.9 Å². The fourth-order valence-electron chi connectivity index (χ4n) is 3.33. The molecule has 0 saturated carbocycles. The number of guanidine groups is 1. The van der Waals surface area contributed by atoms with Crippen LogP contribution in [0.4, 0.5) is 0 Å². The predicted octanol–water partition coefficient (Wildman–Crippen LogP) is 3.06. The molecule has 1 aromatic carbocycles. The summed E-state index contributed by atoms with van der Waals surface area (Å²) in [5, 5.41) is 7.03. The molecule has 0 bridgehead atoms. The van der Waals surface area contributed by atoms with Gasteiger partial charge < -0.3 is 15.4 Å². The van der Waals surface area contributed by atoms with Crippen molar-refractivity contribution in [3.05, 3.63) is 29.3 Å². The highest BCUT2D eigenvalue weighted by atomic mass is 127. The topological polar surface area (TPSA) is 48.9 Å². The third-order valence-corrected chi connectivity index (χ3v) is 5.10. The number of aliphatic imine (C=N–C) groups is 1. The summed E-state index contributed by atoms with van der Waals surface area (Å²) in [6.45, 7) is 12.0. The number of benzene rings is 1. The second kappa shape index (κ2) is 11.0. The minimum atomic E-state index is 0. The molecule has 1 aromatic rings. The normalized spacial score (nSPS) is 20.8. The second-order valence-corrected chi connectivity index (χ2v) is 7.33. The van der Waals surface area contributed by atoms with Crippen molar-refractivity contribution < 1.29 is 4.74 Å². The summed E-state index contributed by atoms with van der Waals surface area (Å²) in [6.07, 6.45) is 0.940. The van der Waals surface area contributed by atoms with E-state index in [9.17, 15) is 0 Å². The number of ether oxygens (including phenoxy) is 1. The highest BCUT2D eigenvalue weighted by Gasteiger charge is 2.31. The van der Waals surface area contributed by atoms with Gasteiger partial charge in [-0.2, -0.15) is 0 Å². The zero-order valence-corrected chi connectivity index (χ0v) is 19.3. The van der Waals surface area contributed by atoms with Gasteiger partial charge in [0.25, 0.3) is 0 Å². The summed E-state index contributed by atoms with van der Waals surface area (Å²) in [4.78, 5) is 6.91. The van der Waals surface area contributed by atoms with E-state index in [2.05, 4.69) is 66.4 Å². The van der Waals surface area contributed by atoms with Crippen LogP contribution in [0.2, 0.25) is 0 Å². The highest BCUT2D eigenvalue weighted by molar-refractivity contribution is 14.0. The number of nitrogens with one attached hydrogen (secondary N) is 2. The Balaban J connectivity index is 0.00000338. The molecule has 0 amide bonds. The molecule has 2 atom stereocenters. The largest absolute Gasteiger partial charge is 0.496 e. The Morgan fingerprint density at radius 3 is 2.65 bits per heavy atom. The van der Waals surface area contributed by atoms with Gasteiger partial charge in [-0.05, 0) is 50.3 Å². The Hall–Kier alpha value is -1.02. The molecule has 1 heterocycles. The fourth-order valence-corrected chi connectivity index (χ4v) is 3.33. The Morgan fingerprint density at radius 1 is 1.35 bits per heavy atom. The Morgan fingerprint density at radius 2 is 2.08 bits per heavy atom. The summed E-state index contributed by atoms with van der Waals surface area (Å²) in [5.74, 6) is 2.47. The van der Waals surface area contributed by atoms with Crippen molar-refractivity contribution >= 4 is 29.9 Å². The maximum Gasteiger partial charge on any atom is 0.191 e. The zero-order valence-electron chi connectivity index (χ0n) is 17.0. The molecule has 1 saturated heterocycles. The number of nitrogens with zero attached hydrogens (tertiary/aromatic N) is 2. The Labute approximate surface area is 176 Å². The van der Waals surface area contributed by atoms with E-state index in [4.69, 9.17) is 4.74 Å². The van der Waals surface area contributed by atoms with Gasteiger partial charge in [-0.15, -0.1) is 24.0 Å². The standard InChI is InChI=1S/C20H34N4O.HI/c1-14(2)24-12-16(4)18(13-24)23-20(21-5)22-10-9-17-8-7-15(3)19(11-17)25-6;/h7-8,11,14,16,18H,9-10,12-13H2,1-6H3,(H2,21,22,23);1H. The first kappa shape index (κ1) is 23.0. The first-order valence-electron chi connectivity index (χ1n) is 9.29. The number of rotatable bonds is 6. The van der Waals surface area contributed by atoms with Crippen LogP contribution < -0.4 is 15.4 Å². The van der Waals surface area contributed by atoms with E-state index >= 15 is 0 Å². The minimum absolute atomic E-state index is 0. The van der Waals surface area contributed by atoms with Crippen molar-refractivity contribution in [3.63, 3.8) is 0 Å². The number of hydrogen-bond acceptors (Lipinski definition) is 3. The van der Waals surface area contributed by atoms with Gasteiger partial charge in [-0.1, -0.05) is 19.1 Å². The molecule has 0 aliphatic carbocycles. The summed E-state index contributed by atoms with van der Waals surface area (Å²) in [7, 11) is 3.56. The lowest BCUT2D eigenvalue weighted by atomic mass is 10.1. The van der Waals surface area contributed by atoms with Gasteiger partial charge >= 0.3 is 0 Å². The van der Waals surface area contributed by atoms with E-state index in [-0.39, 0.29) is 24.0 Å². The van der Waals surface area contributed by atoms with E-state index in [1.54, 1.807) is 7.11 Å². The fraction of sp³-hybridized carbons (Fsp3) is 0.650. The lowest BCUT2D eigenvalue weighted by Crippen LogP contribution is -2.47. The van der Waals surface area contributed by atoms with Gasteiger partial charge in [0.05, 0.1) is 7.11 Å². The number of hydrogen-bond donors (Lipinski definition) is 2. The van der Waals surface area contributed by atoms with Crippen LogP contribution >= 0.6 is 24.0 Å². The van der Waals surface area contributed by atoms with E-state index in [1.807, 2.05) is 7.05 Å². The molecule has 6 heteroatoms. The average molecular weight is 474 g/mol. The van der Waals surface area contributed by atoms with E-state index in [0.29, 0.717) is 18.0 Å². The molecule has 1 fully saturated rings. The van der Waals surface area contributed by atoms with Gasteiger partial charge in [-0.25, -0.2) is 0 Å². The first-order valence-corrected chi connectivity index (χ1v) is 9.29. The molecular formula is C20H35IN4O. The molecule has 0 spiro atoms. The molecular weight excluding hydrogens is 439 g/mol. The number of halogens is 1. The smallest absolute Gasteiger partial charge is 0.191 e. The SMILES string of the molecule is CN=C(NCCc1ccc(C)c(OC)c1)NC1CN(C(C)C)CC1C.I. The number of likely N-dealkylation sites (tertiary alicyclic amines) is 1. The maximum atomic E-state index is 5.40. The van der Waals surface area contributed by atoms with E-state index in [1.165, 1.54) is 11.1 Å². The third-order valence-electron chi connectivity index (χ3n) is 5.10. The van der Waals surface area contributed by atoms with Gasteiger partial charge in [-0.3, -0.25) is 9.89 Å². The van der Waals surface area contributed by atoms with Crippen LogP contribution in [0.15, 0.2) is 23.2 Å². The molecule has 0 radical (unpaired) electrons. The highest BCUT2D eigenvalue weighted by Crippen LogP contribution is 2.19. The van der Waals surface area contributed by atoms with Crippen molar-refractivity contribution in [2.75, 3.05) is 33.8 Å². The monoisotopic (exact) mass is 474 g/mol. The van der Waals surface area contributed by atoms with Crippen LogP contribution in [0.25, 0.3) is 0 Å². The van der Waals surface area contributed by atoms with Gasteiger partial charge in [0.1, 0.15) is 5.75 Å². The third kappa shape index (κ3) is 6.30. The number of aryl methyl sites for hydroxylation is 1. The quantitative estimate of drug-likeness (QED) is 0.378. The maximum absolute atomic E-state index is 5.40. The molecule has 1 aliphatic rings. The van der Waals surface area contributed by atoms with E-state index in [0.717, 1.165) is 37.8 Å². The van der Waals surface area contributed by atoms with Crippen molar-refractivity contribution in [2.45, 2.75) is 46.2 Å². The van der Waals surface area contributed by atoms with Crippen molar-refractivity contribution in [1.29, 1.82) is 0 Å². The molecule has 148 valence electrons. The molecule has 26 heavy (non-hydrogen) atoms. The van der Waals surface area contributed by atoms with Crippen molar-refractivity contribution in [3.8, 4) is 5.75 Å². The second-order valence-electron chi connectivity index (χ2n) is 7.33. The van der Waals surface area contributed by atoms with Gasteiger partial charge in [0.15, 0.2) is 5.96 Å².